The lowest BCUT2D eigenvalue weighted by Crippen LogP contribution is -2.46. The minimum absolute atomic E-state index is 0.562. The van der Waals surface area contributed by atoms with Crippen molar-refractivity contribution in [3.05, 3.63) is 54.4 Å². The number of para-hydroxylation sites is 2. The molecule has 1 saturated carbocycles. The molecule has 1 aliphatic carbocycles. The predicted octanol–water partition coefficient (Wildman–Crippen LogP) is 3.55. The quantitative estimate of drug-likeness (QED) is 0.580. The van der Waals surface area contributed by atoms with Crippen molar-refractivity contribution in [3.8, 4) is 0 Å². The molecule has 3 heterocycles. The van der Waals surface area contributed by atoms with E-state index in [1.165, 1.54) is 18.4 Å². The van der Waals surface area contributed by atoms with Crippen LogP contribution in [0.1, 0.15) is 18.4 Å². The number of carbonyl (C=O) groups is 1. The van der Waals surface area contributed by atoms with E-state index in [1.54, 1.807) is 0 Å². The third-order valence-corrected chi connectivity index (χ3v) is 5.54. The number of fused-ring (bicyclic) bond motifs is 1. The number of piperazine rings is 1. The second kappa shape index (κ2) is 10.2. The van der Waals surface area contributed by atoms with Gasteiger partial charge in [-0.15, -0.1) is 0 Å². The number of hydrogen-bond donors (Lipinski definition) is 2. The number of carboxylic acids is 1. The molecule has 2 N–H and O–H groups in total. The van der Waals surface area contributed by atoms with Gasteiger partial charge in [0, 0.05) is 51.2 Å². The largest absolute Gasteiger partial charge is 0.490 e. The second-order valence-electron chi connectivity index (χ2n) is 8.22. The number of aliphatic carboxylic acids is 1. The molecule has 0 bridgehead atoms. The maximum Gasteiger partial charge on any atom is 0.490 e. The topological polar surface area (TPSA) is 94.5 Å². The molecular formula is C23H25F3N6O2. The monoisotopic (exact) mass is 474 g/mol. The summed E-state index contributed by atoms with van der Waals surface area (Å²) >= 11 is 0. The van der Waals surface area contributed by atoms with Gasteiger partial charge < -0.3 is 15.3 Å². The van der Waals surface area contributed by atoms with E-state index in [0.717, 1.165) is 55.4 Å². The highest BCUT2D eigenvalue weighted by Gasteiger charge is 2.38. The van der Waals surface area contributed by atoms with Crippen LogP contribution in [-0.4, -0.2) is 69.3 Å². The lowest BCUT2D eigenvalue weighted by atomic mass is 10.2. The lowest BCUT2D eigenvalue weighted by Gasteiger charge is -2.36. The number of rotatable bonds is 5. The Morgan fingerprint density at radius 2 is 1.59 bits per heavy atom. The molecule has 0 spiro atoms. The van der Waals surface area contributed by atoms with Crippen LogP contribution in [0, 0.1) is 0 Å². The normalized spacial score (nSPS) is 16.6. The molecule has 2 aromatic heterocycles. The number of aromatic nitrogens is 3. The van der Waals surface area contributed by atoms with Gasteiger partial charge in [0.05, 0.1) is 11.0 Å². The Morgan fingerprint density at radius 3 is 2.15 bits per heavy atom. The van der Waals surface area contributed by atoms with Crippen molar-refractivity contribution in [2.45, 2.75) is 31.6 Å². The number of hydrogen-bond acceptors (Lipinski definition) is 7. The first-order valence-corrected chi connectivity index (χ1v) is 11.0. The van der Waals surface area contributed by atoms with E-state index in [4.69, 9.17) is 19.9 Å². The molecule has 1 aliphatic heterocycles. The molecule has 1 aromatic carbocycles. The number of alkyl halides is 3. The average molecular weight is 474 g/mol. The molecule has 2 aliphatic rings. The van der Waals surface area contributed by atoms with Gasteiger partial charge in [0.2, 0.25) is 0 Å². The van der Waals surface area contributed by atoms with E-state index in [1.807, 2.05) is 36.7 Å². The smallest absolute Gasteiger partial charge is 0.475 e. The van der Waals surface area contributed by atoms with Crippen molar-refractivity contribution >= 4 is 28.6 Å². The number of pyridine rings is 1. The Balaban J connectivity index is 0.000000344. The highest BCUT2D eigenvalue weighted by Crippen LogP contribution is 2.31. The second-order valence-corrected chi connectivity index (χ2v) is 8.22. The Hall–Kier alpha value is -3.47. The fourth-order valence-electron chi connectivity index (χ4n) is 3.59. The summed E-state index contributed by atoms with van der Waals surface area (Å²) < 4.78 is 31.7. The van der Waals surface area contributed by atoms with E-state index in [9.17, 15) is 13.2 Å². The van der Waals surface area contributed by atoms with Crippen molar-refractivity contribution in [1.29, 1.82) is 0 Å². The van der Waals surface area contributed by atoms with Crippen molar-refractivity contribution in [3.63, 3.8) is 0 Å². The number of benzene rings is 1. The van der Waals surface area contributed by atoms with Gasteiger partial charge in [-0.1, -0.05) is 12.1 Å². The number of halogens is 3. The maximum absolute atomic E-state index is 10.6. The number of anilines is 2. The minimum Gasteiger partial charge on any atom is -0.475 e. The van der Waals surface area contributed by atoms with Crippen molar-refractivity contribution in [2.75, 3.05) is 36.4 Å². The number of carboxylic acid groups (broad SMARTS) is 1. The summed E-state index contributed by atoms with van der Waals surface area (Å²) in [5, 5.41) is 10.7. The van der Waals surface area contributed by atoms with Crippen LogP contribution in [0.5, 0.6) is 0 Å². The summed E-state index contributed by atoms with van der Waals surface area (Å²) in [6.45, 7) is 4.97. The zero-order valence-corrected chi connectivity index (χ0v) is 18.4. The first-order chi connectivity index (χ1) is 16.3. The van der Waals surface area contributed by atoms with Crippen LogP contribution in [0.4, 0.5) is 24.8 Å². The van der Waals surface area contributed by atoms with Crippen LogP contribution >= 0.6 is 0 Å². The zero-order chi connectivity index (χ0) is 24.1. The van der Waals surface area contributed by atoms with Gasteiger partial charge in [-0.05, 0) is 42.7 Å². The summed E-state index contributed by atoms with van der Waals surface area (Å²) in [6, 6.07) is 12.9. The van der Waals surface area contributed by atoms with Gasteiger partial charge in [0.15, 0.2) is 11.6 Å². The molecule has 0 radical (unpaired) electrons. The molecule has 3 aromatic rings. The minimum atomic E-state index is -5.08. The zero-order valence-electron chi connectivity index (χ0n) is 18.4. The molecule has 8 nitrogen and oxygen atoms in total. The van der Waals surface area contributed by atoms with Gasteiger partial charge in [-0.3, -0.25) is 9.88 Å². The van der Waals surface area contributed by atoms with Crippen LogP contribution in [-0.2, 0) is 11.3 Å². The number of nitrogens with zero attached hydrogens (tertiary/aromatic N) is 5. The van der Waals surface area contributed by atoms with E-state index in [-0.39, 0.29) is 0 Å². The fraction of sp³-hybridized carbons (Fsp3) is 0.391. The summed E-state index contributed by atoms with van der Waals surface area (Å²) in [5.41, 5.74) is 3.24. The highest BCUT2D eigenvalue weighted by molar-refractivity contribution is 5.80. The van der Waals surface area contributed by atoms with Gasteiger partial charge in [0.25, 0.3) is 0 Å². The number of nitrogens with one attached hydrogen (secondary N) is 1. The molecule has 2 fully saturated rings. The SMILES string of the molecule is O=C(O)C(F)(F)F.c1ccc2nc(N3CCN(Cc4ccncc4)CC3)c(NC3CC3)nc2c1. The predicted molar refractivity (Wildman–Crippen MR) is 122 cm³/mol. The van der Waals surface area contributed by atoms with Gasteiger partial charge >= 0.3 is 12.1 Å². The molecule has 180 valence electrons. The van der Waals surface area contributed by atoms with Crippen LogP contribution in [0.3, 0.4) is 0 Å². The molecule has 34 heavy (non-hydrogen) atoms. The van der Waals surface area contributed by atoms with Crippen molar-refractivity contribution < 1.29 is 23.1 Å². The summed E-state index contributed by atoms with van der Waals surface area (Å²) in [7, 11) is 0. The van der Waals surface area contributed by atoms with E-state index in [0.29, 0.717) is 6.04 Å². The summed E-state index contributed by atoms with van der Waals surface area (Å²) in [6.07, 6.45) is 1.11. The molecule has 5 rings (SSSR count). The van der Waals surface area contributed by atoms with Gasteiger partial charge in [0.1, 0.15) is 0 Å². The fourth-order valence-corrected chi connectivity index (χ4v) is 3.59. The van der Waals surface area contributed by atoms with Crippen LogP contribution in [0.2, 0.25) is 0 Å². The Labute approximate surface area is 194 Å². The van der Waals surface area contributed by atoms with Gasteiger partial charge in [-0.2, -0.15) is 13.2 Å². The molecule has 0 unspecified atom stereocenters. The molecule has 1 saturated heterocycles. The third-order valence-electron chi connectivity index (χ3n) is 5.54. The van der Waals surface area contributed by atoms with Crippen molar-refractivity contribution in [2.24, 2.45) is 0 Å². The first-order valence-electron chi connectivity index (χ1n) is 11.0. The summed E-state index contributed by atoms with van der Waals surface area (Å²) in [5.74, 6) is -0.810. The Kier molecular flexibility index (Phi) is 7.11. The Morgan fingerprint density at radius 1 is 1.00 bits per heavy atom. The van der Waals surface area contributed by atoms with Crippen molar-refractivity contribution in [1.82, 2.24) is 19.9 Å². The van der Waals surface area contributed by atoms with Crippen LogP contribution in [0.15, 0.2) is 48.8 Å². The average Bonchev–Trinajstić information content (AvgIpc) is 3.64. The van der Waals surface area contributed by atoms with Crippen LogP contribution in [0.25, 0.3) is 11.0 Å². The lowest BCUT2D eigenvalue weighted by molar-refractivity contribution is -0.192. The van der Waals surface area contributed by atoms with Crippen LogP contribution < -0.4 is 10.2 Å². The first kappa shape index (κ1) is 23.7. The molecule has 0 atom stereocenters. The molecular weight excluding hydrogens is 449 g/mol. The standard InChI is InChI=1S/C21H24N6.C2HF3O2/c1-2-4-19-18(3-1)24-20(23-17-5-6-17)21(25-19)27-13-11-26(12-14-27)15-16-7-9-22-10-8-16;3-2(4,5)1(6)7/h1-4,7-10,17H,5-6,11-15H2,(H,23,24);(H,6,7). The summed E-state index contributed by atoms with van der Waals surface area (Å²) in [4.78, 5) is 27.7. The molecule has 11 heteroatoms. The Bertz CT molecular complexity index is 1120. The molecule has 0 amide bonds. The van der Waals surface area contributed by atoms with E-state index < -0.39 is 12.1 Å². The highest BCUT2D eigenvalue weighted by atomic mass is 19.4. The van der Waals surface area contributed by atoms with E-state index >= 15 is 0 Å². The van der Waals surface area contributed by atoms with E-state index in [2.05, 4.69) is 32.2 Å². The van der Waals surface area contributed by atoms with Gasteiger partial charge in [-0.25, -0.2) is 14.8 Å². The third kappa shape index (κ3) is 6.31. The maximum atomic E-state index is 10.6.